The second-order valence-electron chi connectivity index (χ2n) is 4.92. The van der Waals surface area contributed by atoms with Crippen LogP contribution in [0.5, 0.6) is 17.2 Å². The van der Waals surface area contributed by atoms with Crippen molar-refractivity contribution in [1.82, 2.24) is 0 Å². The number of ether oxygens (including phenoxy) is 2. The van der Waals surface area contributed by atoms with Crippen LogP contribution in [0.3, 0.4) is 0 Å². The summed E-state index contributed by atoms with van der Waals surface area (Å²) in [6, 6.07) is 4.37. The van der Waals surface area contributed by atoms with Gasteiger partial charge in [0.05, 0.1) is 22.1 Å². The van der Waals surface area contributed by atoms with Crippen LogP contribution in [-0.2, 0) is 6.18 Å². The van der Waals surface area contributed by atoms with E-state index in [1.165, 1.54) is 12.1 Å². The molecule has 0 aliphatic carbocycles. The van der Waals surface area contributed by atoms with Crippen molar-refractivity contribution < 1.29 is 32.4 Å². The maximum Gasteiger partial charge on any atom is 0.416 e. The summed E-state index contributed by atoms with van der Waals surface area (Å²) in [5.74, 6) is -0.581. The van der Waals surface area contributed by atoms with Gasteiger partial charge >= 0.3 is 11.9 Å². The Labute approximate surface area is 150 Å². The summed E-state index contributed by atoms with van der Waals surface area (Å²) in [6.07, 6.45) is -4.23. The Kier molecular flexibility index (Phi) is 5.71. The number of carbonyl (C=O) groups excluding carboxylic acids is 1. The fourth-order valence-corrected chi connectivity index (χ4v) is 2.31. The summed E-state index contributed by atoms with van der Waals surface area (Å²) in [5.41, 5.74) is -1.91. The van der Waals surface area contributed by atoms with Gasteiger partial charge < -0.3 is 9.47 Å². The number of rotatable bonds is 6. The Morgan fingerprint density at radius 2 is 1.92 bits per heavy atom. The maximum absolute atomic E-state index is 12.8. The van der Waals surface area contributed by atoms with Crippen molar-refractivity contribution in [2.75, 3.05) is 6.61 Å². The molecule has 2 rings (SSSR count). The first-order valence-electron chi connectivity index (χ1n) is 7.12. The Balaban J connectivity index is 2.54. The molecule has 0 spiro atoms. The lowest BCUT2D eigenvalue weighted by Gasteiger charge is -2.14. The van der Waals surface area contributed by atoms with Gasteiger partial charge in [0.25, 0.3) is 0 Å². The van der Waals surface area contributed by atoms with E-state index in [1.54, 1.807) is 6.92 Å². The summed E-state index contributed by atoms with van der Waals surface area (Å²) in [4.78, 5) is 21.0. The van der Waals surface area contributed by atoms with Crippen LogP contribution in [0.1, 0.15) is 22.8 Å². The third-order valence-corrected chi connectivity index (χ3v) is 3.44. The molecule has 2 aromatic rings. The van der Waals surface area contributed by atoms with E-state index in [1.807, 2.05) is 0 Å². The first kappa shape index (κ1) is 19.5. The van der Waals surface area contributed by atoms with Gasteiger partial charge in [-0.1, -0.05) is 11.6 Å². The number of nitro benzene ring substituents is 1. The predicted octanol–water partition coefficient (Wildman–Crippen LogP) is 5.27. The van der Waals surface area contributed by atoms with Crippen LogP contribution in [0.25, 0.3) is 0 Å². The van der Waals surface area contributed by atoms with E-state index in [0.717, 1.165) is 6.07 Å². The quantitative estimate of drug-likeness (QED) is 0.382. The van der Waals surface area contributed by atoms with Crippen molar-refractivity contribution in [3.05, 3.63) is 56.6 Å². The van der Waals surface area contributed by atoms with Gasteiger partial charge in [-0.3, -0.25) is 14.9 Å². The summed E-state index contributed by atoms with van der Waals surface area (Å²) >= 11 is 6.02. The van der Waals surface area contributed by atoms with Gasteiger partial charge in [-0.15, -0.1) is 0 Å². The van der Waals surface area contributed by atoms with E-state index in [4.69, 9.17) is 21.1 Å². The zero-order valence-corrected chi connectivity index (χ0v) is 13.9. The predicted molar refractivity (Wildman–Crippen MR) is 86.2 cm³/mol. The third-order valence-electron chi connectivity index (χ3n) is 3.16. The van der Waals surface area contributed by atoms with Gasteiger partial charge in [-0.2, -0.15) is 13.2 Å². The molecule has 0 amide bonds. The van der Waals surface area contributed by atoms with Crippen LogP contribution in [-0.4, -0.2) is 17.8 Å². The van der Waals surface area contributed by atoms with Crippen molar-refractivity contribution in [1.29, 1.82) is 0 Å². The van der Waals surface area contributed by atoms with Crippen LogP contribution < -0.4 is 9.47 Å². The molecule has 0 radical (unpaired) electrons. The normalized spacial score (nSPS) is 11.1. The van der Waals surface area contributed by atoms with E-state index < -0.39 is 28.1 Å². The highest BCUT2D eigenvalue weighted by Gasteiger charge is 2.33. The molecule has 0 unspecified atom stereocenters. The lowest BCUT2D eigenvalue weighted by molar-refractivity contribution is -0.385. The number of alkyl halides is 3. The minimum absolute atomic E-state index is 0.0243. The maximum atomic E-state index is 12.8. The molecule has 138 valence electrons. The van der Waals surface area contributed by atoms with E-state index in [2.05, 4.69) is 0 Å². The number of halogens is 4. The molecule has 10 heteroatoms. The average Bonchev–Trinajstić information content (AvgIpc) is 2.56. The minimum Gasteiger partial charge on any atom is -0.490 e. The van der Waals surface area contributed by atoms with Crippen molar-refractivity contribution in [2.24, 2.45) is 0 Å². The number of benzene rings is 2. The molecule has 0 aliphatic rings. The second-order valence-corrected chi connectivity index (χ2v) is 5.33. The Bertz CT molecular complexity index is 855. The largest absolute Gasteiger partial charge is 0.490 e. The van der Waals surface area contributed by atoms with Crippen molar-refractivity contribution in [3.63, 3.8) is 0 Å². The summed E-state index contributed by atoms with van der Waals surface area (Å²) < 4.78 is 49.0. The molecule has 0 aromatic heterocycles. The molecule has 26 heavy (non-hydrogen) atoms. The lowest BCUT2D eigenvalue weighted by atomic mass is 10.1. The summed E-state index contributed by atoms with van der Waals surface area (Å²) in [7, 11) is 0. The van der Waals surface area contributed by atoms with Gasteiger partial charge in [0.2, 0.25) is 5.75 Å². The smallest absolute Gasteiger partial charge is 0.416 e. The molecule has 0 fully saturated rings. The number of nitro groups is 1. The van der Waals surface area contributed by atoms with Gasteiger partial charge in [0.15, 0.2) is 11.5 Å². The number of carbonyl (C=O) groups is 1. The fraction of sp³-hybridized carbons (Fsp3) is 0.188. The first-order chi connectivity index (χ1) is 12.2. The molecule has 2 aromatic carbocycles. The number of aldehydes is 1. The monoisotopic (exact) mass is 389 g/mol. The van der Waals surface area contributed by atoms with Crippen molar-refractivity contribution in [2.45, 2.75) is 13.1 Å². The molecule has 0 N–H and O–H groups in total. The molecular weight excluding hydrogens is 379 g/mol. The van der Waals surface area contributed by atoms with Crippen molar-refractivity contribution in [3.8, 4) is 17.2 Å². The Hall–Kier alpha value is -2.81. The Morgan fingerprint density at radius 1 is 1.23 bits per heavy atom. The molecule has 0 aliphatic heterocycles. The van der Waals surface area contributed by atoms with Crippen LogP contribution in [0.4, 0.5) is 18.9 Å². The topological polar surface area (TPSA) is 78.7 Å². The minimum atomic E-state index is -4.75. The SMILES string of the molecule is CCOc1cc(C=O)cc(Cl)c1Oc1ccc(C(F)(F)F)cc1[N+](=O)[O-]. The standard InChI is InChI=1S/C16H11ClF3NO5/c1-2-25-14-6-9(8-22)5-11(17)15(14)26-13-4-3-10(16(18,19)20)7-12(13)21(23)24/h3-8H,2H2,1H3. The number of nitrogens with zero attached hydrogens (tertiary/aromatic N) is 1. The highest BCUT2D eigenvalue weighted by atomic mass is 35.5. The van der Waals surface area contributed by atoms with E-state index in [-0.39, 0.29) is 28.7 Å². The van der Waals surface area contributed by atoms with Crippen LogP contribution in [0, 0.1) is 10.1 Å². The average molecular weight is 390 g/mol. The van der Waals surface area contributed by atoms with Gasteiger partial charge in [0, 0.05) is 11.6 Å². The van der Waals surface area contributed by atoms with Crippen molar-refractivity contribution >= 4 is 23.6 Å². The molecule has 0 saturated carbocycles. The highest BCUT2D eigenvalue weighted by molar-refractivity contribution is 6.32. The summed E-state index contributed by atoms with van der Waals surface area (Å²) in [5, 5.41) is 11.0. The molecule has 0 atom stereocenters. The first-order valence-corrected chi connectivity index (χ1v) is 7.50. The highest BCUT2D eigenvalue weighted by Crippen LogP contribution is 2.43. The van der Waals surface area contributed by atoms with Gasteiger partial charge in [-0.05, 0) is 31.2 Å². The summed E-state index contributed by atoms with van der Waals surface area (Å²) in [6.45, 7) is 1.82. The zero-order valence-electron chi connectivity index (χ0n) is 13.2. The van der Waals surface area contributed by atoms with Crippen LogP contribution in [0.15, 0.2) is 30.3 Å². The Morgan fingerprint density at radius 3 is 2.46 bits per heavy atom. The van der Waals surface area contributed by atoms with Crippen LogP contribution in [0.2, 0.25) is 5.02 Å². The van der Waals surface area contributed by atoms with E-state index in [0.29, 0.717) is 18.4 Å². The zero-order chi connectivity index (χ0) is 19.5. The van der Waals surface area contributed by atoms with E-state index in [9.17, 15) is 28.1 Å². The molecule has 0 saturated heterocycles. The third kappa shape index (κ3) is 4.23. The molecule has 0 heterocycles. The number of hydrogen-bond donors (Lipinski definition) is 0. The lowest BCUT2D eigenvalue weighted by Crippen LogP contribution is -2.06. The van der Waals surface area contributed by atoms with E-state index >= 15 is 0 Å². The van der Waals surface area contributed by atoms with Gasteiger partial charge in [-0.25, -0.2) is 0 Å². The van der Waals surface area contributed by atoms with Gasteiger partial charge in [0.1, 0.15) is 6.29 Å². The number of hydrogen-bond acceptors (Lipinski definition) is 5. The second kappa shape index (κ2) is 7.61. The molecule has 6 nitrogen and oxygen atoms in total. The fourth-order valence-electron chi connectivity index (χ4n) is 2.05. The molecular formula is C16H11ClF3NO5. The van der Waals surface area contributed by atoms with Crippen LogP contribution >= 0.6 is 11.6 Å². The molecule has 0 bridgehead atoms.